The van der Waals surface area contributed by atoms with Crippen molar-refractivity contribution in [3.63, 3.8) is 0 Å². The van der Waals surface area contributed by atoms with E-state index < -0.39 is 0 Å². The van der Waals surface area contributed by atoms with Gasteiger partial charge in [-0.15, -0.1) is 0 Å². The molecule has 0 aromatic carbocycles. The van der Waals surface area contributed by atoms with Crippen LogP contribution in [0.3, 0.4) is 0 Å². The van der Waals surface area contributed by atoms with Crippen LogP contribution in [0, 0.1) is 5.92 Å². The van der Waals surface area contributed by atoms with Gasteiger partial charge in [-0.25, -0.2) is 0 Å². The molecule has 0 saturated heterocycles. The molecule has 2 heteroatoms. The second kappa shape index (κ2) is 6.41. The van der Waals surface area contributed by atoms with Crippen molar-refractivity contribution in [1.29, 1.82) is 0 Å². The fourth-order valence-corrected chi connectivity index (χ4v) is 2.17. The smallest absolute Gasteiger partial charge is 0.0167 e. The Bertz CT molecular complexity index is 143. The molecule has 14 heavy (non-hydrogen) atoms. The van der Waals surface area contributed by atoms with Crippen LogP contribution in [0.1, 0.15) is 46.0 Å². The van der Waals surface area contributed by atoms with E-state index in [0.717, 1.165) is 19.0 Å². The first-order valence-corrected chi connectivity index (χ1v) is 6.24. The van der Waals surface area contributed by atoms with E-state index >= 15 is 0 Å². The number of hydrogen-bond donors (Lipinski definition) is 1. The van der Waals surface area contributed by atoms with E-state index in [4.69, 9.17) is 5.73 Å². The lowest BCUT2D eigenvalue weighted by molar-refractivity contribution is 0.175. The molecule has 2 N–H and O–H groups in total. The third kappa shape index (κ3) is 3.97. The van der Waals surface area contributed by atoms with Gasteiger partial charge in [-0.05, 0) is 31.7 Å². The van der Waals surface area contributed by atoms with Crippen LogP contribution in [-0.4, -0.2) is 30.6 Å². The molecular weight excluding hydrogens is 172 g/mol. The number of rotatable bonds is 7. The van der Waals surface area contributed by atoms with Crippen molar-refractivity contribution in [3.05, 3.63) is 0 Å². The van der Waals surface area contributed by atoms with E-state index in [1.165, 1.54) is 38.6 Å². The fourth-order valence-electron chi connectivity index (χ4n) is 2.17. The number of nitrogens with zero attached hydrogens (tertiary/aromatic N) is 1. The predicted molar refractivity (Wildman–Crippen MR) is 62.3 cm³/mol. The van der Waals surface area contributed by atoms with Crippen LogP contribution in [0.25, 0.3) is 0 Å². The van der Waals surface area contributed by atoms with Gasteiger partial charge in [-0.3, -0.25) is 0 Å². The molecule has 1 fully saturated rings. The fraction of sp³-hybridized carbons (Fsp3) is 1.00. The van der Waals surface area contributed by atoms with E-state index in [0.29, 0.717) is 6.04 Å². The number of nitrogens with two attached hydrogens (primary N) is 1. The Hall–Kier alpha value is -0.0800. The Morgan fingerprint density at radius 3 is 2.50 bits per heavy atom. The van der Waals surface area contributed by atoms with Crippen LogP contribution in [0.5, 0.6) is 0 Å². The molecule has 0 amide bonds. The molecule has 0 aromatic heterocycles. The molecule has 0 radical (unpaired) electrons. The highest BCUT2D eigenvalue weighted by Gasteiger charge is 2.20. The summed E-state index contributed by atoms with van der Waals surface area (Å²) in [5.41, 5.74) is 6.05. The lowest BCUT2D eigenvalue weighted by atomic mass is 9.85. The minimum absolute atomic E-state index is 0.389. The van der Waals surface area contributed by atoms with Crippen LogP contribution in [0.15, 0.2) is 0 Å². The van der Waals surface area contributed by atoms with E-state index in [1.54, 1.807) is 0 Å². The summed E-state index contributed by atoms with van der Waals surface area (Å²) in [6.45, 7) is 8.00. The van der Waals surface area contributed by atoms with E-state index in [9.17, 15) is 0 Å². The molecule has 1 atom stereocenters. The highest BCUT2D eigenvalue weighted by Crippen LogP contribution is 2.27. The first-order chi connectivity index (χ1) is 6.76. The molecular formula is C12H26N2. The van der Waals surface area contributed by atoms with Gasteiger partial charge in [-0.2, -0.15) is 0 Å². The van der Waals surface area contributed by atoms with Crippen LogP contribution in [0.2, 0.25) is 0 Å². The monoisotopic (exact) mass is 198 g/mol. The highest BCUT2D eigenvalue weighted by atomic mass is 15.1. The maximum atomic E-state index is 6.05. The molecule has 0 heterocycles. The standard InChI is InChI=1S/C12H26N2/c1-3-6-12(13)10-14(4-2)9-11-7-5-8-11/h11-12H,3-10,13H2,1-2H3. The van der Waals surface area contributed by atoms with Gasteiger partial charge in [0.2, 0.25) is 0 Å². The zero-order chi connectivity index (χ0) is 10.4. The average Bonchev–Trinajstić information content (AvgIpc) is 2.09. The summed E-state index contributed by atoms with van der Waals surface area (Å²) in [6.07, 6.45) is 6.71. The lowest BCUT2D eigenvalue weighted by Crippen LogP contribution is -2.41. The lowest BCUT2D eigenvalue weighted by Gasteiger charge is -2.33. The van der Waals surface area contributed by atoms with Gasteiger partial charge in [0.05, 0.1) is 0 Å². The Morgan fingerprint density at radius 2 is 2.07 bits per heavy atom. The SMILES string of the molecule is CCCC(N)CN(CC)CC1CCC1. The summed E-state index contributed by atoms with van der Waals surface area (Å²) in [7, 11) is 0. The van der Waals surface area contributed by atoms with Gasteiger partial charge in [0.1, 0.15) is 0 Å². The third-order valence-corrected chi connectivity index (χ3v) is 3.34. The van der Waals surface area contributed by atoms with Gasteiger partial charge in [-0.1, -0.05) is 26.7 Å². The van der Waals surface area contributed by atoms with Crippen LogP contribution in [0.4, 0.5) is 0 Å². The van der Waals surface area contributed by atoms with E-state index in [2.05, 4.69) is 18.7 Å². The molecule has 1 unspecified atom stereocenters. The van der Waals surface area contributed by atoms with Crippen molar-refractivity contribution < 1.29 is 0 Å². The minimum atomic E-state index is 0.389. The Balaban J connectivity index is 2.15. The molecule has 0 aliphatic heterocycles. The van der Waals surface area contributed by atoms with Crippen LogP contribution >= 0.6 is 0 Å². The maximum Gasteiger partial charge on any atom is 0.0167 e. The van der Waals surface area contributed by atoms with Crippen molar-refractivity contribution in [2.45, 2.75) is 52.0 Å². The summed E-state index contributed by atoms with van der Waals surface area (Å²) < 4.78 is 0. The summed E-state index contributed by atoms with van der Waals surface area (Å²) in [5.74, 6) is 0.976. The molecule has 1 aliphatic carbocycles. The van der Waals surface area contributed by atoms with E-state index in [1.807, 2.05) is 0 Å². The zero-order valence-electron chi connectivity index (χ0n) is 9.84. The van der Waals surface area contributed by atoms with Gasteiger partial charge < -0.3 is 10.6 Å². The van der Waals surface area contributed by atoms with Gasteiger partial charge in [0.25, 0.3) is 0 Å². The first kappa shape index (κ1) is 12.0. The first-order valence-electron chi connectivity index (χ1n) is 6.24. The van der Waals surface area contributed by atoms with Crippen molar-refractivity contribution in [2.75, 3.05) is 19.6 Å². The molecule has 0 bridgehead atoms. The summed E-state index contributed by atoms with van der Waals surface area (Å²) >= 11 is 0. The Kier molecular flexibility index (Phi) is 5.49. The molecule has 1 saturated carbocycles. The molecule has 0 spiro atoms. The predicted octanol–water partition coefficient (Wildman–Crippen LogP) is 2.24. The largest absolute Gasteiger partial charge is 0.327 e. The van der Waals surface area contributed by atoms with Crippen molar-refractivity contribution in [1.82, 2.24) is 4.90 Å². The molecule has 0 aromatic rings. The third-order valence-electron chi connectivity index (χ3n) is 3.34. The zero-order valence-corrected chi connectivity index (χ0v) is 9.84. The number of likely N-dealkylation sites (N-methyl/N-ethyl adjacent to an activating group) is 1. The second-order valence-corrected chi connectivity index (χ2v) is 4.70. The summed E-state index contributed by atoms with van der Waals surface area (Å²) in [4.78, 5) is 2.53. The van der Waals surface area contributed by atoms with Gasteiger partial charge in [0.15, 0.2) is 0 Å². The second-order valence-electron chi connectivity index (χ2n) is 4.70. The van der Waals surface area contributed by atoms with Crippen LogP contribution in [-0.2, 0) is 0 Å². The topological polar surface area (TPSA) is 29.3 Å². The average molecular weight is 198 g/mol. The number of hydrogen-bond acceptors (Lipinski definition) is 2. The molecule has 84 valence electrons. The normalized spacial score (nSPS) is 19.7. The highest BCUT2D eigenvalue weighted by molar-refractivity contribution is 4.75. The maximum absolute atomic E-state index is 6.05. The van der Waals surface area contributed by atoms with E-state index in [-0.39, 0.29) is 0 Å². The molecule has 1 aliphatic rings. The summed E-state index contributed by atoms with van der Waals surface area (Å²) in [6, 6.07) is 0.389. The van der Waals surface area contributed by atoms with Crippen molar-refractivity contribution in [2.24, 2.45) is 11.7 Å². The van der Waals surface area contributed by atoms with Crippen molar-refractivity contribution in [3.8, 4) is 0 Å². The minimum Gasteiger partial charge on any atom is -0.327 e. The quantitative estimate of drug-likeness (QED) is 0.680. The Morgan fingerprint density at radius 1 is 1.36 bits per heavy atom. The van der Waals surface area contributed by atoms with Crippen LogP contribution < -0.4 is 5.73 Å². The van der Waals surface area contributed by atoms with Gasteiger partial charge in [0, 0.05) is 19.1 Å². The molecule has 1 rings (SSSR count). The Labute approximate surface area is 88.8 Å². The summed E-state index contributed by atoms with van der Waals surface area (Å²) in [5, 5.41) is 0. The van der Waals surface area contributed by atoms with Gasteiger partial charge >= 0.3 is 0 Å². The molecule has 2 nitrogen and oxygen atoms in total. The van der Waals surface area contributed by atoms with Crippen molar-refractivity contribution >= 4 is 0 Å².